The second-order valence-electron chi connectivity index (χ2n) is 2.64. The monoisotopic (exact) mass is 114 g/mol. The summed E-state index contributed by atoms with van der Waals surface area (Å²) in [5.41, 5.74) is -0.130. The minimum Gasteiger partial charge on any atom is -0.389 e. The number of carbonyl (C=O) groups is 1. The summed E-state index contributed by atoms with van der Waals surface area (Å²) in [5, 5.41) is 8.36. The van der Waals surface area contributed by atoms with Crippen LogP contribution in [0.25, 0.3) is 0 Å². The molecule has 1 rings (SSSR count). The zero-order chi connectivity index (χ0) is 6.20. The largest absolute Gasteiger partial charge is 0.389 e. The fraction of sp³-hybridized carbons (Fsp3) is 0.833. The lowest BCUT2D eigenvalue weighted by molar-refractivity contribution is -0.126. The highest BCUT2D eigenvalue weighted by Gasteiger charge is 2.43. The molecule has 0 saturated heterocycles. The fourth-order valence-electron chi connectivity index (χ4n) is 0.657. The van der Waals surface area contributed by atoms with Crippen LogP contribution in [0.1, 0.15) is 19.8 Å². The molecule has 1 saturated carbocycles. The summed E-state index contributed by atoms with van der Waals surface area (Å²) in [4.78, 5) is 10.6. The van der Waals surface area contributed by atoms with Crippen LogP contribution in [-0.2, 0) is 4.79 Å². The van der Waals surface area contributed by atoms with E-state index in [1.165, 1.54) is 0 Å². The molecule has 0 aromatic carbocycles. The Labute approximate surface area is 48.5 Å². The van der Waals surface area contributed by atoms with Crippen molar-refractivity contribution in [2.45, 2.75) is 19.8 Å². The van der Waals surface area contributed by atoms with Crippen LogP contribution in [0, 0.1) is 5.41 Å². The standard InChI is InChI=1S/C6H10O2/c1-6(2-3-6)5(8)4-7/h7H,2-4H2,1H3. The summed E-state index contributed by atoms with van der Waals surface area (Å²) in [5.74, 6) is -0.00231. The van der Waals surface area contributed by atoms with Gasteiger partial charge in [0.15, 0.2) is 5.78 Å². The van der Waals surface area contributed by atoms with Crippen LogP contribution in [0.3, 0.4) is 0 Å². The van der Waals surface area contributed by atoms with E-state index >= 15 is 0 Å². The van der Waals surface area contributed by atoms with Gasteiger partial charge in [-0.3, -0.25) is 4.79 Å². The molecule has 2 nitrogen and oxygen atoms in total. The molecule has 0 atom stereocenters. The van der Waals surface area contributed by atoms with Gasteiger partial charge < -0.3 is 5.11 Å². The van der Waals surface area contributed by atoms with E-state index in [9.17, 15) is 4.79 Å². The lowest BCUT2D eigenvalue weighted by atomic mass is 10.1. The molecule has 8 heavy (non-hydrogen) atoms. The molecule has 1 fully saturated rings. The zero-order valence-corrected chi connectivity index (χ0v) is 4.98. The molecular formula is C6H10O2. The molecule has 0 bridgehead atoms. The van der Waals surface area contributed by atoms with E-state index in [1.54, 1.807) is 0 Å². The van der Waals surface area contributed by atoms with Gasteiger partial charge in [-0.05, 0) is 12.8 Å². The number of carbonyl (C=O) groups excluding carboxylic acids is 1. The van der Waals surface area contributed by atoms with E-state index in [0.717, 1.165) is 12.8 Å². The Bertz CT molecular complexity index is 114. The summed E-state index contributed by atoms with van der Waals surface area (Å²) in [6, 6.07) is 0. The number of ketones is 1. The maximum absolute atomic E-state index is 10.6. The second kappa shape index (κ2) is 1.55. The predicted octanol–water partition coefficient (Wildman–Crippen LogP) is 0.348. The van der Waals surface area contributed by atoms with Gasteiger partial charge in [0, 0.05) is 5.41 Å². The van der Waals surface area contributed by atoms with Crippen molar-refractivity contribution in [3.63, 3.8) is 0 Å². The van der Waals surface area contributed by atoms with Crippen LogP contribution in [0.2, 0.25) is 0 Å². The minimum absolute atomic E-state index is 0.00231. The van der Waals surface area contributed by atoms with Crippen LogP contribution in [0.5, 0.6) is 0 Å². The predicted molar refractivity (Wildman–Crippen MR) is 29.4 cm³/mol. The fourth-order valence-corrected chi connectivity index (χ4v) is 0.657. The average molecular weight is 114 g/mol. The van der Waals surface area contributed by atoms with Crippen LogP contribution in [0.15, 0.2) is 0 Å². The number of Topliss-reactive ketones (excluding diaryl/α,β-unsaturated/α-hetero) is 1. The minimum atomic E-state index is -0.281. The van der Waals surface area contributed by atoms with Gasteiger partial charge in [0.2, 0.25) is 0 Å². The van der Waals surface area contributed by atoms with Crippen molar-refractivity contribution in [2.75, 3.05) is 6.61 Å². The van der Waals surface area contributed by atoms with E-state index < -0.39 is 0 Å². The van der Waals surface area contributed by atoms with E-state index in [1.807, 2.05) is 6.92 Å². The van der Waals surface area contributed by atoms with Gasteiger partial charge in [-0.1, -0.05) is 6.92 Å². The van der Waals surface area contributed by atoms with Gasteiger partial charge in [-0.15, -0.1) is 0 Å². The molecule has 0 heterocycles. The molecule has 0 aromatic rings. The number of aliphatic hydroxyl groups excluding tert-OH is 1. The van der Waals surface area contributed by atoms with Crippen molar-refractivity contribution in [3.05, 3.63) is 0 Å². The molecule has 46 valence electrons. The Morgan fingerprint density at radius 1 is 1.75 bits per heavy atom. The first-order valence-electron chi connectivity index (χ1n) is 2.83. The molecule has 2 heteroatoms. The Kier molecular flexibility index (Phi) is 1.12. The normalized spacial score (nSPS) is 22.8. The third kappa shape index (κ3) is 0.757. The van der Waals surface area contributed by atoms with Crippen molar-refractivity contribution in [1.82, 2.24) is 0 Å². The quantitative estimate of drug-likeness (QED) is 0.562. The van der Waals surface area contributed by atoms with E-state index in [2.05, 4.69) is 0 Å². The van der Waals surface area contributed by atoms with Crippen LogP contribution in [-0.4, -0.2) is 17.5 Å². The van der Waals surface area contributed by atoms with E-state index in [-0.39, 0.29) is 17.8 Å². The maximum Gasteiger partial charge on any atom is 0.164 e. The molecule has 0 unspecified atom stereocenters. The Morgan fingerprint density at radius 2 is 2.25 bits per heavy atom. The first-order valence-corrected chi connectivity index (χ1v) is 2.83. The molecule has 0 aromatic heterocycles. The van der Waals surface area contributed by atoms with Crippen molar-refractivity contribution in [3.8, 4) is 0 Å². The summed E-state index contributed by atoms with van der Waals surface area (Å²) < 4.78 is 0. The Morgan fingerprint density at radius 3 is 2.38 bits per heavy atom. The van der Waals surface area contributed by atoms with Crippen molar-refractivity contribution >= 4 is 5.78 Å². The topological polar surface area (TPSA) is 37.3 Å². The van der Waals surface area contributed by atoms with E-state index in [4.69, 9.17) is 5.11 Å². The smallest absolute Gasteiger partial charge is 0.164 e. The van der Waals surface area contributed by atoms with Crippen molar-refractivity contribution < 1.29 is 9.90 Å². The first kappa shape index (κ1) is 5.76. The molecule has 0 radical (unpaired) electrons. The molecule has 0 amide bonds. The lowest BCUT2D eigenvalue weighted by Gasteiger charge is -2.00. The Hall–Kier alpha value is -0.370. The number of rotatable bonds is 2. The highest BCUT2D eigenvalue weighted by Crippen LogP contribution is 2.45. The summed E-state index contributed by atoms with van der Waals surface area (Å²) in [6.07, 6.45) is 1.93. The van der Waals surface area contributed by atoms with Gasteiger partial charge in [0.25, 0.3) is 0 Å². The maximum atomic E-state index is 10.6. The van der Waals surface area contributed by atoms with Crippen molar-refractivity contribution in [1.29, 1.82) is 0 Å². The first-order chi connectivity index (χ1) is 3.69. The summed E-state index contributed by atoms with van der Waals surface area (Å²) >= 11 is 0. The van der Waals surface area contributed by atoms with Gasteiger partial charge in [0.1, 0.15) is 6.61 Å². The zero-order valence-electron chi connectivity index (χ0n) is 4.98. The number of hydrogen-bond acceptors (Lipinski definition) is 2. The lowest BCUT2D eigenvalue weighted by Crippen LogP contribution is -2.15. The number of hydrogen-bond donors (Lipinski definition) is 1. The summed E-state index contributed by atoms with van der Waals surface area (Å²) in [6.45, 7) is 1.61. The molecular weight excluding hydrogens is 104 g/mol. The van der Waals surface area contributed by atoms with Crippen LogP contribution < -0.4 is 0 Å². The third-order valence-electron chi connectivity index (χ3n) is 1.82. The molecule has 0 spiro atoms. The third-order valence-corrected chi connectivity index (χ3v) is 1.82. The second-order valence-corrected chi connectivity index (χ2v) is 2.64. The highest BCUT2D eigenvalue weighted by molar-refractivity contribution is 5.87. The van der Waals surface area contributed by atoms with Gasteiger partial charge in [-0.25, -0.2) is 0 Å². The van der Waals surface area contributed by atoms with E-state index in [0.29, 0.717) is 0 Å². The van der Waals surface area contributed by atoms with Gasteiger partial charge >= 0.3 is 0 Å². The van der Waals surface area contributed by atoms with Crippen molar-refractivity contribution in [2.24, 2.45) is 5.41 Å². The van der Waals surface area contributed by atoms with Crippen LogP contribution in [0.4, 0.5) is 0 Å². The Balaban J connectivity index is 2.46. The molecule has 1 N–H and O–H groups in total. The number of aliphatic hydroxyl groups is 1. The average Bonchev–Trinajstić information content (AvgIpc) is 2.47. The molecule has 0 aliphatic heterocycles. The van der Waals surface area contributed by atoms with Gasteiger partial charge in [0.05, 0.1) is 0 Å². The van der Waals surface area contributed by atoms with Gasteiger partial charge in [-0.2, -0.15) is 0 Å². The summed E-state index contributed by atoms with van der Waals surface area (Å²) in [7, 11) is 0. The highest BCUT2D eigenvalue weighted by atomic mass is 16.3. The SMILES string of the molecule is CC1(C(=O)CO)CC1. The van der Waals surface area contributed by atoms with Crippen LogP contribution >= 0.6 is 0 Å². The molecule has 1 aliphatic rings. The molecule has 1 aliphatic carbocycles.